The highest BCUT2D eigenvalue weighted by molar-refractivity contribution is 5.85. The van der Waals surface area contributed by atoms with Gasteiger partial charge in [0.2, 0.25) is 5.91 Å². The van der Waals surface area contributed by atoms with Gasteiger partial charge in [-0.2, -0.15) is 0 Å². The zero-order valence-corrected chi connectivity index (χ0v) is 12.5. The maximum absolute atomic E-state index is 11.7. The molecule has 4 nitrogen and oxygen atoms in total. The second kappa shape index (κ2) is 8.91. The number of hydrogen-bond donors (Lipinski definition) is 2. The van der Waals surface area contributed by atoms with Crippen molar-refractivity contribution >= 4 is 18.3 Å². The van der Waals surface area contributed by atoms with Gasteiger partial charge >= 0.3 is 0 Å². The maximum Gasteiger partial charge on any atom is 0.237 e. The first-order valence-corrected chi connectivity index (χ1v) is 6.14. The van der Waals surface area contributed by atoms with Crippen molar-refractivity contribution in [3.8, 4) is 0 Å². The molecule has 0 bridgehead atoms. The van der Waals surface area contributed by atoms with E-state index in [9.17, 15) is 4.79 Å². The van der Waals surface area contributed by atoms with E-state index in [1.807, 2.05) is 38.1 Å². The molecule has 1 aromatic rings. The molecule has 19 heavy (non-hydrogen) atoms. The SMILES string of the molecule is COCc1cccc(CNC(=O)C(N)C(C)C)c1.Cl. The quantitative estimate of drug-likeness (QED) is 0.839. The van der Waals surface area contributed by atoms with Crippen LogP contribution in [-0.2, 0) is 22.7 Å². The van der Waals surface area contributed by atoms with E-state index in [1.54, 1.807) is 7.11 Å². The fourth-order valence-corrected chi connectivity index (χ4v) is 1.61. The van der Waals surface area contributed by atoms with Crippen molar-refractivity contribution in [1.29, 1.82) is 0 Å². The molecule has 0 aliphatic rings. The van der Waals surface area contributed by atoms with E-state index in [0.29, 0.717) is 13.2 Å². The summed E-state index contributed by atoms with van der Waals surface area (Å²) in [5, 5.41) is 2.84. The number of amides is 1. The smallest absolute Gasteiger partial charge is 0.237 e. The Labute approximate surface area is 121 Å². The number of carbonyl (C=O) groups excluding carboxylic acids is 1. The van der Waals surface area contributed by atoms with Crippen LogP contribution in [0.15, 0.2) is 24.3 Å². The summed E-state index contributed by atoms with van der Waals surface area (Å²) in [7, 11) is 1.66. The van der Waals surface area contributed by atoms with Crippen molar-refractivity contribution in [2.75, 3.05) is 7.11 Å². The van der Waals surface area contributed by atoms with Gasteiger partial charge in [0.1, 0.15) is 0 Å². The van der Waals surface area contributed by atoms with Gasteiger partial charge in [-0.05, 0) is 17.0 Å². The van der Waals surface area contributed by atoms with E-state index in [1.165, 1.54) is 0 Å². The standard InChI is InChI=1S/C14H22N2O2.ClH/c1-10(2)13(15)14(17)16-8-11-5-4-6-12(7-11)9-18-3;/h4-7,10,13H,8-9,15H2,1-3H3,(H,16,17);1H. The van der Waals surface area contributed by atoms with Gasteiger partial charge in [0.05, 0.1) is 12.6 Å². The molecule has 0 heterocycles. The highest BCUT2D eigenvalue weighted by atomic mass is 35.5. The second-order valence-corrected chi connectivity index (χ2v) is 4.74. The Hall–Kier alpha value is -1.10. The lowest BCUT2D eigenvalue weighted by Gasteiger charge is -2.15. The average molecular weight is 287 g/mol. The summed E-state index contributed by atoms with van der Waals surface area (Å²) in [6, 6.07) is 7.49. The Balaban J connectivity index is 0.00000324. The van der Waals surface area contributed by atoms with Crippen LogP contribution in [0, 0.1) is 5.92 Å². The second-order valence-electron chi connectivity index (χ2n) is 4.74. The molecule has 0 saturated carbocycles. The van der Waals surface area contributed by atoms with Crippen molar-refractivity contribution in [3.63, 3.8) is 0 Å². The molecule has 0 saturated heterocycles. The summed E-state index contributed by atoms with van der Waals surface area (Å²) in [5.41, 5.74) is 7.91. The minimum atomic E-state index is -0.452. The van der Waals surface area contributed by atoms with Crippen LogP contribution in [0.2, 0.25) is 0 Å². The summed E-state index contributed by atoms with van der Waals surface area (Å²) in [6.45, 7) is 4.94. The van der Waals surface area contributed by atoms with E-state index < -0.39 is 6.04 Å². The predicted octanol–water partition coefficient (Wildman–Crippen LogP) is 1.85. The summed E-state index contributed by atoms with van der Waals surface area (Å²) in [6.07, 6.45) is 0. The lowest BCUT2D eigenvalue weighted by atomic mass is 10.0. The zero-order valence-electron chi connectivity index (χ0n) is 11.7. The number of nitrogens with one attached hydrogen (secondary N) is 1. The molecule has 108 valence electrons. The van der Waals surface area contributed by atoms with Gasteiger partial charge in [0, 0.05) is 13.7 Å². The molecule has 3 N–H and O–H groups in total. The third kappa shape index (κ3) is 6.05. The van der Waals surface area contributed by atoms with Crippen molar-refractivity contribution in [2.24, 2.45) is 11.7 Å². The van der Waals surface area contributed by atoms with Crippen LogP contribution in [-0.4, -0.2) is 19.1 Å². The largest absolute Gasteiger partial charge is 0.380 e. The number of rotatable bonds is 6. The summed E-state index contributed by atoms with van der Waals surface area (Å²) in [4.78, 5) is 11.7. The van der Waals surface area contributed by atoms with Gasteiger partial charge in [-0.15, -0.1) is 12.4 Å². The van der Waals surface area contributed by atoms with Crippen molar-refractivity contribution in [1.82, 2.24) is 5.32 Å². The van der Waals surface area contributed by atoms with Crippen LogP contribution < -0.4 is 11.1 Å². The minimum absolute atomic E-state index is 0. The van der Waals surface area contributed by atoms with Crippen LogP contribution in [0.1, 0.15) is 25.0 Å². The molecule has 1 atom stereocenters. The first-order valence-electron chi connectivity index (χ1n) is 6.14. The monoisotopic (exact) mass is 286 g/mol. The van der Waals surface area contributed by atoms with Crippen LogP contribution in [0.25, 0.3) is 0 Å². The topological polar surface area (TPSA) is 64.3 Å². The molecular formula is C14H23ClN2O2. The minimum Gasteiger partial charge on any atom is -0.380 e. The van der Waals surface area contributed by atoms with Crippen molar-refractivity contribution in [3.05, 3.63) is 35.4 Å². The van der Waals surface area contributed by atoms with Gasteiger partial charge in [0.25, 0.3) is 0 Å². The summed E-state index contributed by atoms with van der Waals surface area (Å²) < 4.78 is 5.07. The maximum atomic E-state index is 11.7. The summed E-state index contributed by atoms with van der Waals surface area (Å²) in [5.74, 6) is 0.0342. The Morgan fingerprint density at radius 1 is 1.37 bits per heavy atom. The number of benzene rings is 1. The number of nitrogens with two attached hydrogens (primary N) is 1. The third-order valence-electron chi connectivity index (χ3n) is 2.79. The molecule has 0 radical (unpaired) electrons. The van der Waals surface area contributed by atoms with Crippen molar-refractivity contribution in [2.45, 2.75) is 33.0 Å². The number of ether oxygens (including phenoxy) is 1. The fourth-order valence-electron chi connectivity index (χ4n) is 1.61. The lowest BCUT2D eigenvalue weighted by molar-refractivity contribution is -0.123. The number of halogens is 1. The molecule has 1 rings (SSSR count). The van der Waals surface area contributed by atoms with E-state index >= 15 is 0 Å². The molecule has 0 aliphatic carbocycles. The molecule has 5 heteroatoms. The highest BCUT2D eigenvalue weighted by Crippen LogP contribution is 2.06. The average Bonchev–Trinajstić information content (AvgIpc) is 2.36. The first-order chi connectivity index (χ1) is 8.54. The molecule has 1 amide bonds. The van der Waals surface area contributed by atoms with Crippen LogP contribution in [0.5, 0.6) is 0 Å². The van der Waals surface area contributed by atoms with E-state index in [0.717, 1.165) is 11.1 Å². The van der Waals surface area contributed by atoms with Crippen LogP contribution >= 0.6 is 12.4 Å². The van der Waals surface area contributed by atoms with E-state index in [2.05, 4.69) is 5.32 Å². The molecule has 0 spiro atoms. The predicted molar refractivity (Wildman–Crippen MR) is 79.1 cm³/mol. The van der Waals surface area contributed by atoms with Gasteiger partial charge in [-0.25, -0.2) is 0 Å². The fraction of sp³-hybridized carbons (Fsp3) is 0.500. The Morgan fingerprint density at radius 3 is 2.58 bits per heavy atom. The zero-order chi connectivity index (χ0) is 13.5. The number of carbonyl (C=O) groups is 1. The van der Waals surface area contributed by atoms with Gasteiger partial charge in [-0.3, -0.25) is 4.79 Å². The third-order valence-corrected chi connectivity index (χ3v) is 2.79. The first kappa shape index (κ1) is 17.9. The van der Waals surface area contributed by atoms with Gasteiger partial charge < -0.3 is 15.8 Å². The Morgan fingerprint density at radius 2 is 2.00 bits per heavy atom. The van der Waals surface area contributed by atoms with Gasteiger partial charge in [-0.1, -0.05) is 38.1 Å². The molecular weight excluding hydrogens is 264 g/mol. The highest BCUT2D eigenvalue weighted by Gasteiger charge is 2.16. The van der Waals surface area contributed by atoms with E-state index in [4.69, 9.17) is 10.5 Å². The summed E-state index contributed by atoms with van der Waals surface area (Å²) >= 11 is 0. The molecule has 0 aromatic heterocycles. The number of hydrogen-bond acceptors (Lipinski definition) is 3. The molecule has 0 fully saturated rings. The molecule has 1 unspecified atom stereocenters. The van der Waals surface area contributed by atoms with Crippen LogP contribution in [0.4, 0.5) is 0 Å². The number of methoxy groups -OCH3 is 1. The molecule has 0 aliphatic heterocycles. The Kier molecular flexibility index (Phi) is 8.39. The Bertz CT molecular complexity index is 397. The van der Waals surface area contributed by atoms with Crippen LogP contribution in [0.3, 0.4) is 0 Å². The van der Waals surface area contributed by atoms with Crippen molar-refractivity contribution < 1.29 is 9.53 Å². The molecule has 1 aromatic carbocycles. The van der Waals surface area contributed by atoms with Gasteiger partial charge in [0.15, 0.2) is 0 Å². The normalized spacial score (nSPS) is 11.8. The van der Waals surface area contributed by atoms with E-state index in [-0.39, 0.29) is 24.2 Å². The lowest BCUT2D eigenvalue weighted by Crippen LogP contribution is -2.43.